The van der Waals surface area contributed by atoms with Crippen LogP contribution in [0.5, 0.6) is 5.75 Å². The highest BCUT2D eigenvalue weighted by molar-refractivity contribution is 6.17. The number of rotatable bonds is 3. The smallest absolute Gasteiger partial charge is 0.120 e. The van der Waals surface area contributed by atoms with E-state index >= 15 is 0 Å². The lowest BCUT2D eigenvalue weighted by Gasteiger charge is -2.43. The molecule has 0 N–H and O–H groups in total. The normalized spacial score (nSPS) is 25.6. The maximum atomic E-state index is 6.19. The van der Waals surface area contributed by atoms with E-state index in [9.17, 15) is 0 Å². The van der Waals surface area contributed by atoms with Gasteiger partial charge in [0.2, 0.25) is 0 Å². The van der Waals surface area contributed by atoms with Crippen molar-refractivity contribution in [3.63, 3.8) is 0 Å². The van der Waals surface area contributed by atoms with Crippen molar-refractivity contribution in [2.45, 2.75) is 62.5 Å². The Labute approximate surface area is 126 Å². The van der Waals surface area contributed by atoms with Gasteiger partial charge in [0, 0.05) is 18.7 Å². The van der Waals surface area contributed by atoms with Crippen LogP contribution in [0.1, 0.15) is 50.5 Å². The van der Waals surface area contributed by atoms with Gasteiger partial charge in [-0.25, -0.2) is 0 Å². The van der Waals surface area contributed by atoms with Gasteiger partial charge in [-0.15, -0.1) is 11.6 Å². The molecule has 1 aliphatic carbocycles. The zero-order valence-electron chi connectivity index (χ0n) is 11.9. The molecular formula is C17H23ClO2. The first kappa shape index (κ1) is 14.2. The Morgan fingerprint density at radius 1 is 1.25 bits per heavy atom. The minimum atomic E-state index is 0.102. The molecule has 3 rings (SSSR count). The monoisotopic (exact) mass is 294 g/mol. The summed E-state index contributed by atoms with van der Waals surface area (Å²) in [5.41, 5.74) is 1.22. The molecule has 2 nitrogen and oxygen atoms in total. The Balaban J connectivity index is 1.64. The molecule has 0 bridgehead atoms. The van der Waals surface area contributed by atoms with Crippen molar-refractivity contribution >= 4 is 11.6 Å². The quantitative estimate of drug-likeness (QED) is 0.753. The molecule has 1 saturated heterocycles. The zero-order valence-corrected chi connectivity index (χ0v) is 12.7. The highest BCUT2D eigenvalue weighted by Gasteiger charge is 2.39. The standard InChI is InChI=1S/C17H23ClO2/c18-13-14-5-4-6-15(11-14)20-16-7-10-19-17(12-16)8-2-1-3-9-17/h4-6,11,16H,1-3,7-10,12-13H2. The van der Waals surface area contributed by atoms with Crippen LogP contribution in [0.4, 0.5) is 0 Å². The van der Waals surface area contributed by atoms with Crippen LogP contribution in [0.25, 0.3) is 0 Å². The number of ether oxygens (including phenoxy) is 2. The second kappa shape index (κ2) is 6.36. The summed E-state index contributed by atoms with van der Waals surface area (Å²) in [6.45, 7) is 0.833. The predicted molar refractivity (Wildman–Crippen MR) is 81.4 cm³/mol. The topological polar surface area (TPSA) is 18.5 Å². The van der Waals surface area contributed by atoms with E-state index in [-0.39, 0.29) is 11.7 Å². The van der Waals surface area contributed by atoms with Crippen LogP contribution < -0.4 is 4.74 Å². The van der Waals surface area contributed by atoms with Crippen molar-refractivity contribution < 1.29 is 9.47 Å². The summed E-state index contributed by atoms with van der Waals surface area (Å²) in [7, 11) is 0. The van der Waals surface area contributed by atoms with Crippen LogP contribution in [-0.4, -0.2) is 18.3 Å². The molecule has 1 spiro atoms. The highest BCUT2D eigenvalue weighted by atomic mass is 35.5. The molecule has 0 aromatic heterocycles. The van der Waals surface area contributed by atoms with Gasteiger partial charge in [0.1, 0.15) is 11.9 Å². The molecule has 1 aliphatic heterocycles. The van der Waals surface area contributed by atoms with Crippen LogP contribution in [0.2, 0.25) is 0 Å². The molecule has 3 heteroatoms. The number of halogens is 1. The van der Waals surface area contributed by atoms with Gasteiger partial charge in [0.25, 0.3) is 0 Å². The Morgan fingerprint density at radius 3 is 2.90 bits per heavy atom. The molecule has 1 unspecified atom stereocenters. The van der Waals surface area contributed by atoms with Gasteiger partial charge in [-0.1, -0.05) is 31.4 Å². The van der Waals surface area contributed by atoms with E-state index in [0.29, 0.717) is 5.88 Å². The molecule has 1 saturated carbocycles. The minimum absolute atomic E-state index is 0.102. The Morgan fingerprint density at radius 2 is 2.10 bits per heavy atom. The van der Waals surface area contributed by atoms with Gasteiger partial charge in [0.15, 0.2) is 0 Å². The summed E-state index contributed by atoms with van der Waals surface area (Å²) in [5.74, 6) is 1.48. The lowest BCUT2D eigenvalue weighted by atomic mass is 9.79. The van der Waals surface area contributed by atoms with Crippen molar-refractivity contribution in [2.75, 3.05) is 6.61 Å². The first-order chi connectivity index (χ1) is 9.80. The second-order valence-corrected chi connectivity index (χ2v) is 6.37. The minimum Gasteiger partial charge on any atom is -0.490 e. The van der Waals surface area contributed by atoms with Gasteiger partial charge >= 0.3 is 0 Å². The molecule has 1 aromatic carbocycles. The highest BCUT2D eigenvalue weighted by Crippen LogP contribution is 2.39. The summed E-state index contributed by atoms with van der Waals surface area (Å²) in [6.07, 6.45) is 8.68. The van der Waals surface area contributed by atoms with Crippen LogP contribution in [0.3, 0.4) is 0 Å². The number of benzene rings is 1. The van der Waals surface area contributed by atoms with Crippen LogP contribution in [0.15, 0.2) is 24.3 Å². The van der Waals surface area contributed by atoms with E-state index in [4.69, 9.17) is 21.1 Å². The summed E-state index contributed by atoms with van der Waals surface area (Å²) in [5, 5.41) is 0. The molecule has 0 radical (unpaired) electrons. The van der Waals surface area contributed by atoms with Crippen molar-refractivity contribution in [1.29, 1.82) is 0 Å². The zero-order chi connectivity index (χ0) is 13.8. The molecule has 1 atom stereocenters. The van der Waals surface area contributed by atoms with E-state index in [1.165, 1.54) is 32.1 Å². The van der Waals surface area contributed by atoms with Crippen molar-refractivity contribution in [2.24, 2.45) is 0 Å². The van der Waals surface area contributed by atoms with Crippen LogP contribution in [-0.2, 0) is 10.6 Å². The molecule has 20 heavy (non-hydrogen) atoms. The van der Waals surface area contributed by atoms with Crippen LogP contribution >= 0.6 is 11.6 Å². The van der Waals surface area contributed by atoms with Crippen molar-refractivity contribution in [3.05, 3.63) is 29.8 Å². The SMILES string of the molecule is ClCc1cccc(OC2CCOC3(CCCCC3)C2)c1. The van der Waals surface area contributed by atoms with Crippen LogP contribution in [0, 0.1) is 0 Å². The van der Waals surface area contributed by atoms with E-state index < -0.39 is 0 Å². The Kier molecular flexibility index (Phi) is 4.52. The second-order valence-electron chi connectivity index (χ2n) is 6.11. The van der Waals surface area contributed by atoms with Gasteiger partial charge in [-0.2, -0.15) is 0 Å². The lowest BCUT2D eigenvalue weighted by Crippen LogP contribution is -2.45. The third-order valence-electron chi connectivity index (χ3n) is 4.57. The summed E-state index contributed by atoms with van der Waals surface area (Å²) >= 11 is 5.88. The van der Waals surface area contributed by atoms with E-state index in [1.54, 1.807) is 0 Å². The summed E-state index contributed by atoms with van der Waals surface area (Å²) in [4.78, 5) is 0. The first-order valence-corrected chi connectivity index (χ1v) is 8.29. The maximum absolute atomic E-state index is 6.19. The fourth-order valence-corrected chi connectivity index (χ4v) is 3.69. The predicted octanol–water partition coefficient (Wildman–Crippen LogP) is 4.69. The molecule has 2 aliphatic rings. The van der Waals surface area contributed by atoms with Gasteiger partial charge in [-0.05, 0) is 30.5 Å². The van der Waals surface area contributed by atoms with E-state index in [0.717, 1.165) is 30.8 Å². The average Bonchev–Trinajstić information content (AvgIpc) is 2.48. The fourth-order valence-electron chi connectivity index (χ4n) is 3.52. The van der Waals surface area contributed by atoms with Crippen molar-refractivity contribution in [1.82, 2.24) is 0 Å². The largest absolute Gasteiger partial charge is 0.490 e. The number of hydrogen-bond acceptors (Lipinski definition) is 2. The fraction of sp³-hybridized carbons (Fsp3) is 0.647. The maximum Gasteiger partial charge on any atom is 0.120 e. The Hall–Kier alpha value is -0.730. The molecule has 1 heterocycles. The number of alkyl halides is 1. The molecule has 1 aromatic rings. The summed E-state index contributed by atoms with van der Waals surface area (Å²) < 4.78 is 12.3. The Bertz CT molecular complexity index is 435. The third-order valence-corrected chi connectivity index (χ3v) is 4.88. The molecular weight excluding hydrogens is 272 g/mol. The molecule has 0 amide bonds. The van der Waals surface area contributed by atoms with Crippen molar-refractivity contribution in [3.8, 4) is 5.75 Å². The average molecular weight is 295 g/mol. The van der Waals surface area contributed by atoms with E-state index in [1.807, 2.05) is 18.2 Å². The van der Waals surface area contributed by atoms with Gasteiger partial charge in [0.05, 0.1) is 12.2 Å². The van der Waals surface area contributed by atoms with Gasteiger partial charge < -0.3 is 9.47 Å². The lowest BCUT2D eigenvalue weighted by molar-refractivity contribution is -0.129. The summed E-state index contributed by atoms with van der Waals surface area (Å²) in [6, 6.07) is 8.13. The molecule has 110 valence electrons. The molecule has 2 fully saturated rings. The third kappa shape index (κ3) is 3.29. The first-order valence-electron chi connectivity index (χ1n) is 7.75. The van der Waals surface area contributed by atoms with E-state index in [2.05, 4.69) is 6.07 Å². The number of hydrogen-bond donors (Lipinski definition) is 0. The van der Waals surface area contributed by atoms with Gasteiger partial charge in [-0.3, -0.25) is 0 Å².